The van der Waals surface area contributed by atoms with Gasteiger partial charge in [0, 0.05) is 24.2 Å². The van der Waals surface area contributed by atoms with Crippen molar-refractivity contribution < 1.29 is 14.3 Å². The first-order chi connectivity index (χ1) is 14.2. The Morgan fingerprint density at radius 1 is 1.00 bits per heavy atom. The molecule has 1 saturated heterocycles. The summed E-state index contributed by atoms with van der Waals surface area (Å²) in [4.78, 5) is 24.6. The zero-order valence-electron chi connectivity index (χ0n) is 19.3. The number of carbonyl (C=O) groups is 2. The van der Waals surface area contributed by atoms with Crippen molar-refractivity contribution in [1.29, 1.82) is 0 Å². The van der Waals surface area contributed by atoms with Gasteiger partial charge in [-0.3, -0.25) is 9.59 Å². The predicted molar refractivity (Wildman–Crippen MR) is 116 cm³/mol. The van der Waals surface area contributed by atoms with E-state index in [1.54, 1.807) is 0 Å². The molecule has 30 heavy (non-hydrogen) atoms. The second-order valence-corrected chi connectivity index (χ2v) is 12.4. The fourth-order valence-corrected chi connectivity index (χ4v) is 9.60. The molecule has 0 aromatic rings. The molecule has 3 heteroatoms. The summed E-state index contributed by atoms with van der Waals surface area (Å²) in [6.45, 7) is 9.76. The average Bonchev–Trinajstić information content (AvgIpc) is 3.62. The Bertz CT molecular complexity index is 858. The largest absolute Gasteiger partial charge is 0.458 e. The second kappa shape index (κ2) is 5.81. The zero-order chi connectivity index (χ0) is 21.1. The molecule has 4 saturated carbocycles. The van der Waals surface area contributed by atoms with Crippen LogP contribution in [0.5, 0.6) is 0 Å². The molecule has 0 amide bonds. The summed E-state index contributed by atoms with van der Waals surface area (Å²) < 4.78 is 6.26. The van der Waals surface area contributed by atoms with Crippen LogP contribution < -0.4 is 0 Å². The Morgan fingerprint density at radius 2 is 1.80 bits per heavy atom. The summed E-state index contributed by atoms with van der Waals surface area (Å²) in [5, 5.41) is 0. The van der Waals surface area contributed by atoms with Gasteiger partial charge in [-0.05, 0) is 85.5 Å². The molecule has 0 radical (unpaired) electrons. The Kier molecular flexibility index (Phi) is 3.79. The Morgan fingerprint density at radius 3 is 2.50 bits per heavy atom. The van der Waals surface area contributed by atoms with Crippen molar-refractivity contribution in [2.24, 2.45) is 45.8 Å². The topological polar surface area (TPSA) is 43.4 Å². The minimum atomic E-state index is -0.176. The third-order valence-electron chi connectivity index (χ3n) is 11.7. The average molecular weight is 411 g/mol. The van der Waals surface area contributed by atoms with Crippen molar-refractivity contribution in [3.8, 4) is 0 Å². The van der Waals surface area contributed by atoms with Crippen LogP contribution in [0.4, 0.5) is 0 Å². The van der Waals surface area contributed by atoms with Crippen LogP contribution in [0.1, 0.15) is 91.9 Å². The lowest BCUT2D eigenvalue weighted by molar-refractivity contribution is -0.184. The first-order valence-corrected chi connectivity index (χ1v) is 12.7. The summed E-state index contributed by atoms with van der Waals surface area (Å²) in [6, 6.07) is 0. The summed E-state index contributed by atoms with van der Waals surface area (Å²) in [7, 11) is 0. The quantitative estimate of drug-likeness (QED) is 0.547. The first-order valence-electron chi connectivity index (χ1n) is 12.7. The summed E-state index contributed by atoms with van der Waals surface area (Å²) in [5.74, 6) is 3.79. The minimum absolute atomic E-state index is 0.0436. The van der Waals surface area contributed by atoms with Gasteiger partial charge in [0.2, 0.25) is 0 Å². The fourth-order valence-electron chi connectivity index (χ4n) is 9.60. The van der Waals surface area contributed by atoms with Gasteiger partial charge in [0.15, 0.2) is 5.78 Å². The van der Waals surface area contributed by atoms with E-state index in [4.69, 9.17) is 4.74 Å². The van der Waals surface area contributed by atoms with E-state index >= 15 is 0 Å². The number of allylic oxidation sites excluding steroid dienone is 2. The normalized spacial score (nSPS) is 56.4. The van der Waals surface area contributed by atoms with Gasteiger partial charge in [0.05, 0.1) is 0 Å². The molecule has 5 aliphatic carbocycles. The highest BCUT2D eigenvalue weighted by Crippen LogP contribution is 2.83. The number of fused-ring (bicyclic) bond motifs is 5. The van der Waals surface area contributed by atoms with Crippen LogP contribution in [0.15, 0.2) is 11.6 Å². The Hall–Kier alpha value is -1.12. The van der Waals surface area contributed by atoms with E-state index < -0.39 is 0 Å². The molecular formula is C27H38O3. The minimum Gasteiger partial charge on any atom is -0.458 e. The van der Waals surface area contributed by atoms with Gasteiger partial charge >= 0.3 is 5.97 Å². The van der Waals surface area contributed by atoms with E-state index in [0.29, 0.717) is 30.0 Å². The van der Waals surface area contributed by atoms with Gasteiger partial charge in [-0.15, -0.1) is 0 Å². The molecule has 1 aliphatic heterocycles. The van der Waals surface area contributed by atoms with Crippen molar-refractivity contribution in [3.63, 3.8) is 0 Å². The molecule has 0 bridgehead atoms. The van der Waals surface area contributed by atoms with Gasteiger partial charge in [-0.25, -0.2) is 0 Å². The van der Waals surface area contributed by atoms with E-state index in [-0.39, 0.29) is 27.8 Å². The summed E-state index contributed by atoms with van der Waals surface area (Å²) in [5.41, 5.74) is 1.92. The zero-order valence-corrected chi connectivity index (χ0v) is 19.3. The number of ether oxygens (including phenoxy) is 1. The molecule has 6 aliphatic rings. The van der Waals surface area contributed by atoms with Crippen LogP contribution >= 0.6 is 0 Å². The van der Waals surface area contributed by atoms with Crippen molar-refractivity contribution in [3.05, 3.63) is 11.6 Å². The van der Waals surface area contributed by atoms with Gasteiger partial charge in [0.1, 0.15) is 5.60 Å². The molecule has 9 atom stereocenters. The second-order valence-electron chi connectivity index (χ2n) is 12.4. The molecule has 0 aromatic carbocycles. The first kappa shape index (κ1) is 19.6. The van der Waals surface area contributed by atoms with E-state index in [0.717, 1.165) is 37.5 Å². The van der Waals surface area contributed by atoms with Crippen molar-refractivity contribution in [1.82, 2.24) is 0 Å². The number of esters is 1. The lowest BCUT2D eigenvalue weighted by atomic mass is 9.47. The van der Waals surface area contributed by atoms with E-state index in [1.807, 2.05) is 0 Å². The highest BCUT2D eigenvalue weighted by atomic mass is 16.6. The lowest BCUT2D eigenvalue weighted by Gasteiger charge is -2.58. The summed E-state index contributed by atoms with van der Waals surface area (Å²) in [6.07, 6.45) is 12.9. The summed E-state index contributed by atoms with van der Waals surface area (Å²) >= 11 is 0. The van der Waals surface area contributed by atoms with E-state index in [1.165, 1.54) is 37.7 Å². The maximum atomic E-state index is 12.3. The van der Waals surface area contributed by atoms with Crippen LogP contribution in [0.2, 0.25) is 0 Å². The third kappa shape index (κ3) is 2.13. The van der Waals surface area contributed by atoms with Crippen LogP contribution in [0.3, 0.4) is 0 Å². The Labute approximate surface area is 181 Å². The molecule has 1 heterocycles. The smallest absolute Gasteiger partial charge is 0.306 e. The number of hydrogen-bond donors (Lipinski definition) is 0. The van der Waals surface area contributed by atoms with Crippen molar-refractivity contribution in [2.45, 2.75) is 97.5 Å². The molecule has 164 valence electrons. The molecule has 9 unspecified atom stereocenters. The SMILES string of the molecule is CCC1(C)CCC(=O)C=C1C1CC1C1CCCC2(C)C3(CCC(=O)O3)C3CC3C12C. The molecule has 5 fully saturated rings. The third-order valence-corrected chi connectivity index (χ3v) is 11.7. The molecule has 0 aromatic heterocycles. The monoisotopic (exact) mass is 410 g/mol. The van der Waals surface area contributed by atoms with Gasteiger partial charge < -0.3 is 4.74 Å². The highest BCUT2D eigenvalue weighted by Gasteiger charge is 2.83. The van der Waals surface area contributed by atoms with E-state index in [9.17, 15) is 9.59 Å². The molecular weight excluding hydrogens is 372 g/mol. The van der Waals surface area contributed by atoms with Crippen molar-refractivity contribution in [2.75, 3.05) is 0 Å². The van der Waals surface area contributed by atoms with Crippen LogP contribution in [0, 0.1) is 45.8 Å². The molecule has 6 rings (SSSR count). The maximum Gasteiger partial charge on any atom is 0.306 e. The highest BCUT2D eigenvalue weighted by molar-refractivity contribution is 5.91. The number of hydrogen-bond acceptors (Lipinski definition) is 3. The van der Waals surface area contributed by atoms with Gasteiger partial charge in [-0.2, -0.15) is 0 Å². The van der Waals surface area contributed by atoms with Crippen LogP contribution in [0.25, 0.3) is 0 Å². The van der Waals surface area contributed by atoms with Gasteiger partial charge in [-0.1, -0.05) is 39.7 Å². The molecule has 3 nitrogen and oxygen atoms in total. The van der Waals surface area contributed by atoms with Crippen molar-refractivity contribution >= 4 is 11.8 Å². The number of ketones is 1. The standard InChI is InChI=1S/C27H38O3/c1-5-24(2)11-8-16(28)13-20(24)18-14-17(18)19-7-6-10-25(3)26(19,4)21-15-22(21)27(25)12-9-23(29)30-27/h13,17-19,21-22H,5-12,14-15H2,1-4H3. The molecule has 1 spiro atoms. The van der Waals surface area contributed by atoms with Gasteiger partial charge in [0.25, 0.3) is 0 Å². The fraction of sp³-hybridized carbons (Fsp3) is 0.852. The van der Waals surface area contributed by atoms with E-state index in [2.05, 4.69) is 33.8 Å². The number of carbonyl (C=O) groups excluding carboxylic acids is 2. The Balaban J connectivity index is 1.34. The van der Waals surface area contributed by atoms with Crippen LogP contribution in [-0.2, 0) is 14.3 Å². The predicted octanol–water partition coefficient (Wildman–Crippen LogP) is 5.87. The van der Waals surface area contributed by atoms with Crippen LogP contribution in [-0.4, -0.2) is 17.4 Å². The maximum absolute atomic E-state index is 12.3. The molecule has 0 N–H and O–H groups in total. The lowest BCUT2D eigenvalue weighted by Crippen LogP contribution is -2.57. The number of rotatable bonds is 3.